The van der Waals surface area contributed by atoms with Crippen LogP contribution in [0.15, 0.2) is 5.10 Å². The van der Waals surface area contributed by atoms with E-state index in [9.17, 15) is 0 Å². The van der Waals surface area contributed by atoms with Gasteiger partial charge in [-0.2, -0.15) is 10.4 Å². The van der Waals surface area contributed by atoms with Crippen LogP contribution in [0.3, 0.4) is 0 Å². The molecule has 1 heterocycles. The van der Waals surface area contributed by atoms with E-state index in [0.29, 0.717) is 0 Å². The van der Waals surface area contributed by atoms with Crippen LogP contribution in [0, 0.1) is 11.5 Å². The summed E-state index contributed by atoms with van der Waals surface area (Å²) in [6.45, 7) is 0. The van der Waals surface area contributed by atoms with Gasteiger partial charge < -0.3 is 0 Å². The monoisotopic (exact) mass is 226 g/mol. The Morgan fingerprint density at radius 1 is 1.58 bits per heavy atom. The summed E-state index contributed by atoms with van der Waals surface area (Å²) in [5, 5.41) is 13.8. The molecule has 0 N–H and O–H groups in total. The van der Waals surface area contributed by atoms with Gasteiger partial charge in [-0.1, -0.05) is 34.8 Å². The molecular weight excluding hydrogens is 222 g/mol. The molecule has 1 unspecified atom stereocenters. The zero-order chi connectivity index (χ0) is 9.35. The summed E-state index contributed by atoms with van der Waals surface area (Å²) in [6.07, 6.45) is 2.49. The van der Waals surface area contributed by atoms with E-state index < -0.39 is 9.96 Å². The lowest BCUT2D eigenvalue weighted by molar-refractivity contribution is 0.203. The van der Waals surface area contributed by atoms with Gasteiger partial charge in [0.25, 0.3) is 0 Å². The van der Waals surface area contributed by atoms with Crippen LogP contribution in [0.5, 0.6) is 0 Å². The Kier molecular flexibility index (Phi) is 2.57. The van der Waals surface area contributed by atoms with Crippen molar-refractivity contribution in [2.75, 3.05) is 7.05 Å². The lowest BCUT2D eigenvalue weighted by atomic mass is 10.5. The van der Waals surface area contributed by atoms with Gasteiger partial charge in [0, 0.05) is 7.05 Å². The van der Waals surface area contributed by atoms with Gasteiger partial charge in [-0.15, -0.1) is 0 Å². The quantitative estimate of drug-likeness (QED) is 0.463. The highest BCUT2D eigenvalue weighted by Crippen LogP contribution is 2.35. The molecule has 12 heavy (non-hydrogen) atoms. The lowest BCUT2D eigenvalue weighted by Gasteiger charge is -2.28. The van der Waals surface area contributed by atoms with Gasteiger partial charge in [-0.3, -0.25) is 5.01 Å². The number of alkyl halides is 3. The van der Waals surface area contributed by atoms with Crippen LogP contribution in [-0.4, -0.2) is 33.3 Å². The standard InChI is InChI=1S/C5H5Cl3N4/c1-11-4(5(6,7)8)12(2-9)3-10-11/h3-4H,1H3. The minimum atomic E-state index is -1.55. The Bertz CT molecular complexity index is 240. The number of hydrogen-bond donors (Lipinski definition) is 0. The van der Waals surface area contributed by atoms with E-state index in [1.165, 1.54) is 16.2 Å². The summed E-state index contributed by atoms with van der Waals surface area (Å²) in [7, 11) is 1.63. The third kappa shape index (κ3) is 1.69. The molecule has 1 aliphatic rings. The van der Waals surface area contributed by atoms with E-state index in [2.05, 4.69) is 5.10 Å². The van der Waals surface area contributed by atoms with Gasteiger partial charge in [0.1, 0.15) is 6.34 Å². The molecule has 0 saturated carbocycles. The fourth-order valence-corrected chi connectivity index (χ4v) is 1.63. The van der Waals surface area contributed by atoms with Crippen molar-refractivity contribution in [1.29, 1.82) is 5.26 Å². The molecule has 0 radical (unpaired) electrons. The maximum absolute atomic E-state index is 8.60. The molecule has 0 aromatic heterocycles. The van der Waals surface area contributed by atoms with E-state index >= 15 is 0 Å². The zero-order valence-corrected chi connectivity index (χ0v) is 8.35. The molecular formula is C5H5Cl3N4. The second kappa shape index (κ2) is 3.17. The van der Waals surface area contributed by atoms with Gasteiger partial charge in [0.15, 0.2) is 12.4 Å². The minimum Gasteiger partial charge on any atom is -0.271 e. The van der Waals surface area contributed by atoms with Gasteiger partial charge >= 0.3 is 0 Å². The van der Waals surface area contributed by atoms with E-state index in [-0.39, 0.29) is 0 Å². The zero-order valence-electron chi connectivity index (χ0n) is 6.08. The molecule has 0 spiro atoms. The first-order valence-electron chi connectivity index (χ1n) is 2.98. The molecule has 0 saturated heterocycles. The fourth-order valence-electron chi connectivity index (χ4n) is 0.893. The predicted molar refractivity (Wildman–Crippen MR) is 47.8 cm³/mol. The van der Waals surface area contributed by atoms with Crippen molar-refractivity contribution < 1.29 is 0 Å². The van der Waals surface area contributed by atoms with Crippen LogP contribution in [0.2, 0.25) is 0 Å². The number of nitrogens with zero attached hydrogens (tertiary/aromatic N) is 4. The van der Waals surface area contributed by atoms with E-state index in [1.54, 1.807) is 7.05 Å². The minimum absolute atomic E-state index is 0.660. The third-order valence-electron chi connectivity index (χ3n) is 1.38. The van der Waals surface area contributed by atoms with E-state index in [0.717, 1.165) is 0 Å². The van der Waals surface area contributed by atoms with Crippen LogP contribution < -0.4 is 0 Å². The van der Waals surface area contributed by atoms with Gasteiger partial charge in [-0.25, -0.2) is 4.90 Å². The molecule has 1 aliphatic heterocycles. The second-order valence-electron chi connectivity index (χ2n) is 2.23. The average molecular weight is 227 g/mol. The number of rotatable bonds is 0. The number of hydrazone groups is 1. The fraction of sp³-hybridized carbons (Fsp3) is 0.600. The van der Waals surface area contributed by atoms with Gasteiger partial charge in [0.05, 0.1) is 0 Å². The van der Waals surface area contributed by atoms with Crippen molar-refractivity contribution in [3.63, 3.8) is 0 Å². The van der Waals surface area contributed by atoms with E-state index in [4.69, 9.17) is 40.1 Å². The SMILES string of the molecule is CN1N=CN(C#N)C1C(Cl)(Cl)Cl. The number of hydrogen-bond acceptors (Lipinski definition) is 4. The molecule has 66 valence electrons. The molecule has 0 bridgehead atoms. The Hall–Kier alpha value is -0.370. The molecule has 0 aliphatic carbocycles. The molecule has 0 fully saturated rings. The summed E-state index contributed by atoms with van der Waals surface area (Å²) in [6, 6.07) is 0. The summed E-state index contributed by atoms with van der Waals surface area (Å²) in [5.74, 6) is 0. The van der Waals surface area contributed by atoms with Crippen molar-refractivity contribution in [2.24, 2.45) is 5.10 Å². The van der Waals surface area contributed by atoms with Crippen LogP contribution in [0.25, 0.3) is 0 Å². The molecule has 1 atom stereocenters. The smallest absolute Gasteiger partial charge is 0.231 e. The largest absolute Gasteiger partial charge is 0.271 e. The van der Waals surface area contributed by atoms with Gasteiger partial charge in [0.2, 0.25) is 3.79 Å². The molecule has 0 aromatic carbocycles. The van der Waals surface area contributed by atoms with Gasteiger partial charge in [-0.05, 0) is 0 Å². The topological polar surface area (TPSA) is 42.6 Å². The second-order valence-corrected chi connectivity index (χ2v) is 4.60. The average Bonchev–Trinajstić information content (AvgIpc) is 2.29. The molecule has 7 heteroatoms. The van der Waals surface area contributed by atoms with Crippen LogP contribution in [-0.2, 0) is 0 Å². The maximum Gasteiger partial charge on any atom is 0.231 e. The predicted octanol–water partition coefficient (Wildman–Crippen LogP) is 1.35. The van der Waals surface area contributed by atoms with Crippen molar-refractivity contribution >= 4 is 41.1 Å². The van der Waals surface area contributed by atoms with Crippen molar-refractivity contribution in [3.05, 3.63) is 0 Å². The van der Waals surface area contributed by atoms with E-state index in [1.807, 2.05) is 6.19 Å². The van der Waals surface area contributed by atoms with Crippen LogP contribution in [0.1, 0.15) is 0 Å². The summed E-state index contributed by atoms with van der Waals surface area (Å²) < 4.78 is -1.55. The molecule has 0 aromatic rings. The first kappa shape index (κ1) is 9.72. The Labute approximate surface area is 84.9 Å². The molecule has 0 amide bonds. The Morgan fingerprint density at radius 2 is 2.17 bits per heavy atom. The van der Waals surface area contributed by atoms with Crippen LogP contribution in [0.4, 0.5) is 0 Å². The number of nitriles is 1. The molecule has 4 nitrogen and oxygen atoms in total. The summed E-state index contributed by atoms with van der Waals surface area (Å²) in [5.41, 5.74) is 0. The van der Waals surface area contributed by atoms with Crippen LogP contribution >= 0.6 is 34.8 Å². The van der Waals surface area contributed by atoms with Crippen molar-refractivity contribution in [2.45, 2.75) is 9.96 Å². The summed E-state index contributed by atoms with van der Waals surface area (Å²) >= 11 is 16.9. The maximum atomic E-state index is 8.60. The Balaban J connectivity index is 2.84. The molecule has 1 rings (SSSR count). The normalized spacial score (nSPS) is 23.1. The number of halogens is 3. The highest BCUT2D eigenvalue weighted by molar-refractivity contribution is 6.68. The Morgan fingerprint density at radius 3 is 2.50 bits per heavy atom. The first-order valence-corrected chi connectivity index (χ1v) is 4.12. The third-order valence-corrected chi connectivity index (χ3v) is 1.97. The van der Waals surface area contributed by atoms with Crippen molar-refractivity contribution in [1.82, 2.24) is 9.91 Å². The lowest BCUT2D eigenvalue weighted by Crippen LogP contribution is -2.45. The first-order chi connectivity index (χ1) is 5.46. The highest BCUT2D eigenvalue weighted by Gasteiger charge is 2.42. The van der Waals surface area contributed by atoms with Crippen molar-refractivity contribution in [3.8, 4) is 6.19 Å². The summed E-state index contributed by atoms with van der Waals surface area (Å²) in [4.78, 5) is 1.17. The highest BCUT2D eigenvalue weighted by atomic mass is 35.6.